The van der Waals surface area contributed by atoms with Gasteiger partial charge in [-0.3, -0.25) is 0 Å². The Morgan fingerprint density at radius 3 is 2.65 bits per heavy atom. The van der Waals surface area contributed by atoms with Crippen LogP contribution >= 0.6 is 11.8 Å². The minimum atomic E-state index is -0.985. The third kappa shape index (κ3) is 2.73. The molecule has 0 unspecified atom stereocenters. The van der Waals surface area contributed by atoms with Crippen LogP contribution in [0.1, 0.15) is 10.4 Å². The van der Waals surface area contributed by atoms with E-state index < -0.39 is 5.97 Å². The molecule has 1 aromatic heterocycles. The Labute approximate surface area is 102 Å². The zero-order chi connectivity index (χ0) is 12.3. The number of benzene rings is 1. The second-order valence-electron chi connectivity index (χ2n) is 3.19. The standard InChI is InChI=1S/C11H9N3O2S/c12-8-3-2-7(10(15)16)6-9(8)17-11-13-4-1-5-14-11/h1-6H,12H2,(H,15,16). The fraction of sp³-hybridized carbons (Fsp3) is 0. The number of carboxylic acid groups (broad SMARTS) is 1. The van der Waals surface area contributed by atoms with Gasteiger partial charge in [0.05, 0.1) is 5.56 Å². The number of aromatic carboxylic acids is 1. The normalized spacial score (nSPS) is 10.1. The molecule has 0 aliphatic carbocycles. The number of aromatic nitrogens is 2. The quantitative estimate of drug-likeness (QED) is 0.636. The zero-order valence-corrected chi connectivity index (χ0v) is 9.52. The number of nitrogens with two attached hydrogens (primary N) is 1. The molecule has 6 heteroatoms. The Morgan fingerprint density at radius 1 is 1.29 bits per heavy atom. The van der Waals surface area contributed by atoms with E-state index in [1.165, 1.54) is 23.9 Å². The van der Waals surface area contributed by atoms with E-state index in [2.05, 4.69) is 9.97 Å². The molecule has 1 aromatic carbocycles. The lowest BCUT2D eigenvalue weighted by Crippen LogP contribution is -1.98. The van der Waals surface area contributed by atoms with Crippen molar-refractivity contribution in [3.05, 3.63) is 42.2 Å². The first-order valence-corrected chi connectivity index (χ1v) is 5.56. The number of nitrogens with zero attached hydrogens (tertiary/aromatic N) is 2. The van der Waals surface area contributed by atoms with Crippen LogP contribution in [0.15, 0.2) is 46.7 Å². The van der Waals surface area contributed by atoms with Crippen LogP contribution in [0.4, 0.5) is 5.69 Å². The number of nitrogen functional groups attached to an aromatic ring is 1. The first-order valence-electron chi connectivity index (χ1n) is 4.74. The lowest BCUT2D eigenvalue weighted by molar-refractivity contribution is 0.0696. The molecule has 0 amide bonds. The summed E-state index contributed by atoms with van der Waals surface area (Å²) in [5.41, 5.74) is 6.47. The van der Waals surface area contributed by atoms with E-state index in [9.17, 15) is 4.79 Å². The van der Waals surface area contributed by atoms with Gasteiger partial charge in [0.1, 0.15) is 0 Å². The van der Waals surface area contributed by atoms with Gasteiger partial charge in [0.25, 0.3) is 0 Å². The predicted octanol–water partition coefficient (Wildman–Crippen LogP) is 1.91. The van der Waals surface area contributed by atoms with Gasteiger partial charge in [0, 0.05) is 23.0 Å². The van der Waals surface area contributed by atoms with Gasteiger partial charge >= 0.3 is 5.97 Å². The molecule has 2 rings (SSSR count). The monoisotopic (exact) mass is 247 g/mol. The highest BCUT2D eigenvalue weighted by molar-refractivity contribution is 7.99. The van der Waals surface area contributed by atoms with Crippen LogP contribution in [-0.2, 0) is 0 Å². The molecule has 1 heterocycles. The molecule has 0 aliphatic rings. The van der Waals surface area contributed by atoms with Crippen molar-refractivity contribution in [3.8, 4) is 0 Å². The summed E-state index contributed by atoms with van der Waals surface area (Å²) in [5, 5.41) is 9.41. The number of rotatable bonds is 3. The van der Waals surface area contributed by atoms with Crippen molar-refractivity contribution < 1.29 is 9.90 Å². The molecule has 3 N–H and O–H groups in total. The number of hydrogen-bond donors (Lipinski definition) is 2. The Bertz CT molecular complexity index is 546. The van der Waals surface area contributed by atoms with E-state index in [1.807, 2.05) is 0 Å². The molecule has 0 bridgehead atoms. The van der Waals surface area contributed by atoms with Crippen LogP contribution in [0, 0.1) is 0 Å². The SMILES string of the molecule is Nc1ccc(C(=O)O)cc1Sc1ncccn1. The fourth-order valence-electron chi connectivity index (χ4n) is 1.19. The van der Waals surface area contributed by atoms with Crippen LogP contribution in [0.3, 0.4) is 0 Å². The smallest absolute Gasteiger partial charge is 0.335 e. The van der Waals surface area contributed by atoms with Gasteiger partial charge in [-0.25, -0.2) is 14.8 Å². The third-order valence-corrected chi connectivity index (χ3v) is 2.97. The van der Waals surface area contributed by atoms with Crippen LogP contribution in [0.2, 0.25) is 0 Å². The molecule has 5 nitrogen and oxygen atoms in total. The minimum absolute atomic E-state index is 0.192. The summed E-state index contributed by atoms with van der Waals surface area (Å²) in [6.07, 6.45) is 3.24. The van der Waals surface area contributed by atoms with Crippen LogP contribution in [0.25, 0.3) is 0 Å². The highest BCUT2D eigenvalue weighted by Crippen LogP contribution is 2.30. The molecule has 0 saturated heterocycles. The van der Waals surface area contributed by atoms with E-state index in [1.54, 1.807) is 24.5 Å². The van der Waals surface area contributed by atoms with Gasteiger partial charge in [-0.05, 0) is 36.0 Å². The van der Waals surface area contributed by atoms with Crippen molar-refractivity contribution in [2.24, 2.45) is 0 Å². The Balaban J connectivity index is 2.32. The average molecular weight is 247 g/mol. The lowest BCUT2D eigenvalue weighted by Gasteiger charge is -2.04. The molecule has 17 heavy (non-hydrogen) atoms. The van der Waals surface area contributed by atoms with E-state index >= 15 is 0 Å². The second-order valence-corrected chi connectivity index (χ2v) is 4.20. The number of hydrogen-bond acceptors (Lipinski definition) is 5. The van der Waals surface area contributed by atoms with Gasteiger partial charge in [0.2, 0.25) is 0 Å². The topological polar surface area (TPSA) is 89.1 Å². The first kappa shape index (κ1) is 11.4. The maximum absolute atomic E-state index is 10.8. The molecule has 0 spiro atoms. The number of anilines is 1. The molecule has 0 saturated carbocycles. The summed E-state index contributed by atoms with van der Waals surface area (Å²) in [4.78, 5) is 19.5. The van der Waals surface area contributed by atoms with E-state index in [4.69, 9.17) is 10.8 Å². The summed E-state index contributed by atoms with van der Waals surface area (Å²) in [7, 11) is 0. The summed E-state index contributed by atoms with van der Waals surface area (Å²) in [6.45, 7) is 0. The van der Waals surface area contributed by atoms with E-state index in [-0.39, 0.29) is 5.56 Å². The van der Waals surface area contributed by atoms with Crippen LogP contribution < -0.4 is 5.73 Å². The summed E-state index contributed by atoms with van der Waals surface area (Å²) >= 11 is 1.24. The summed E-state index contributed by atoms with van der Waals surface area (Å²) in [6, 6.07) is 6.25. The molecule has 0 fully saturated rings. The molecular formula is C11H9N3O2S. The maximum atomic E-state index is 10.8. The molecule has 86 valence electrons. The molecule has 0 radical (unpaired) electrons. The molecule has 2 aromatic rings. The van der Waals surface area contributed by atoms with Crippen molar-refractivity contribution in [2.45, 2.75) is 10.1 Å². The van der Waals surface area contributed by atoms with Gasteiger partial charge in [-0.2, -0.15) is 0 Å². The highest BCUT2D eigenvalue weighted by atomic mass is 32.2. The fourth-order valence-corrected chi connectivity index (χ4v) is 1.99. The van der Waals surface area contributed by atoms with Crippen molar-refractivity contribution in [3.63, 3.8) is 0 Å². The average Bonchev–Trinajstić information content (AvgIpc) is 2.33. The van der Waals surface area contributed by atoms with Crippen molar-refractivity contribution in [2.75, 3.05) is 5.73 Å². The molecule has 0 atom stereocenters. The van der Waals surface area contributed by atoms with Gasteiger partial charge in [-0.1, -0.05) is 0 Å². The maximum Gasteiger partial charge on any atom is 0.335 e. The van der Waals surface area contributed by atoms with Crippen LogP contribution in [-0.4, -0.2) is 21.0 Å². The largest absolute Gasteiger partial charge is 0.478 e. The number of carbonyl (C=O) groups is 1. The lowest BCUT2D eigenvalue weighted by atomic mass is 10.2. The third-order valence-electron chi connectivity index (χ3n) is 2.00. The zero-order valence-electron chi connectivity index (χ0n) is 8.70. The first-order chi connectivity index (χ1) is 8.16. The summed E-state index contributed by atoms with van der Waals surface area (Å²) < 4.78 is 0. The van der Waals surface area contributed by atoms with E-state index in [0.29, 0.717) is 15.7 Å². The molecular weight excluding hydrogens is 238 g/mol. The van der Waals surface area contributed by atoms with Gasteiger partial charge in [0.15, 0.2) is 5.16 Å². The predicted molar refractivity (Wildman–Crippen MR) is 64.0 cm³/mol. The van der Waals surface area contributed by atoms with Crippen molar-refractivity contribution in [1.82, 2.24) is 9.97 Å². The number of carboxylic acids is 1. The molecule has 0 aliphatic heterocycles. The Hall–Kier alpha value is -2.08. The second kappa shape index (κ2) is 4.84. The highest BCUT2D eigenvalue weighted by Gasteiger charge is 2.08. The van der Waals surface area contributed by atoms with Gasteiger partial charge < -0.3 is 10.8 Å². The Kier molecular flexibility index (Phi) is 3.24. The Morgan fingerprint density at radius 2 is 2.00 bits per heavy atom. The van der Waals surface area contributed by atoms with Crippen LogP contribution in [0.5, 0.6) is 0 Å². The minimum Gasteiger partial charge on any atom is -0.478 e. The van der Waals surface area contributed by atoms with Crippen molar-refractivity contribution >= 4 is 23.4 Å². The van der Waals surface area contributed by atoms with E-state index in [0.717, 1.165) is 0 Å². The van der Waals surface area contributed by atoms with Crippen molar-refractivity contribution in [1.29, 1.82) is 0 Å². The van der Waals surface area contributed by atoms with Gasteiger partial charge in [-0.15, -0.1) is 0 Å². The summed E-state index contributed by atoms with van der Waals surface area (Å²) in [5.74, 6) is -0.985.